The second-order valence-corrected chi connectivity index (χ2v) is 13.3. The van der Waals surface area contributed by atoms with Crippen LogP contribution in [0.2, 0.25) is 0 Å². The van der Waals surface area contributed by atoms with Crippen molar-refractivity contribution in [3.63, 3.8) is 0 Å². The van der Waals surface area contributed by atoms with Crippen LogP contribution in [0.3, 0.4) is 0 Å². The van der Waals surface area contributed by atoms with Gasteiger partial charge >= 0.3 is 0 Å². The summed E-state index contributed by atoms with van der Waals surface area (Å²) >= 11 is 1.65. The number of fused-ring (bicyclic) bond motifs is 3. The van der Waals surface area contributed by atoms with Crippen LogP contribution in [-0.2, 0) is 20.1 Å². The van der Waals surface area contributed by atoms with Gasteiger partial charge in [-0.1, -0.05) is 143 Å². The van der Waals surface area contributed by atoms with Crippen LogP contribution in [-0.4, -0.2) is 14.5 Å². The second kappa shape index (κ2) is 15.3. The van der Waals surface area contributed by atoms with E-state index in [1.807, 2.05) is 42.5 Å². The zero-order valence-electron chi connectivity index (χ0n) is 28.5. The molecule has 0 unspecified atom stereocenters. The number of rotatable bonds is 5. The molecule has 0 atom stereocenters. The first-order valence-electron chi connectivity index (χ1n) is 17.2. The Morgan fingerprint density at radius 2 is 1.30 bits per heavy atom. The number of aromatic nitrogens is 3. The third kappa shape index (κ3) is 6.86. The smallest absolute Gasteiger partial charge is 0.0774 e. The number of nitrogens with zero attached hydrogens (tertiary/aromatic N) is 3. The zero-order chi connectivity index (χ0) is 34.7. The van der Waals surface area contributed by atoms with Crippen LogP contribution in [0.5, 0.6) is 0 Å². The largest absolute Gasteiger partial charge is 0.333 e. The van der Waals surface area contributed by atoms with Gasteiger partial charge in [0.15, 0.2) is 0 Å². The van der Waals surface area contributed by atoms with Crippen molar-refractivity contribution in [1.82, 2.24) is 14.5 Å². The Hall–Kier alpha value is -5.97. The minimum absolute atomic E-state index is 0. The van der Waals surface area contributed by atoms with E-state index in [1.165, 1.54) is 43.1 Å². The van der Waals surface area contributed by atoms with Crippen molar-refractivity contribution >= 4 is 43.2 Å². The van der Waals surface area contributed by atoms with E-state index < -0.39 is 0 Å². The maximum Gasteiger partial charge on any atom is 0.0774 e. The van der Waals surface area contributed by atoms with Gasteiger partial charge in [0.25, 0.3) is 0 Å². The number of benzene rings is 7. The summed E-state index contributed by atoms with van der Waals surface area (Å²) in [4.78, 5) is 9.37. The van der Waals surface area contributed by atoms with Crippen LogP contribution in [0.15, 0.2) is 188 Å². The minimum atomic E-state index is 0. The molecule has 0 amide bonds. The Kier molecular flexibility index (Phi) is 9.87. The van der Waals surface area contributed by atoms with E-state index in [4.69, 9.17) is 4.98 Å². The van der Waals surface area contributed by atoms with Crippen LogP contribution < -0.4 is 0 Å². The molecule has 255 valence electrons. The molecule has 10 aromatic rings. The third-order valence-corrected chi connectivity index (χ3v) is 10.2. The van der Waals surface area contributed by atoms with Gasteiger partial charge in [0, 0.05) is 32.0 Å². The number of thiophene rings is 1. The Morgan fingerprint density at radius 3 is 2.13 bits per heavy atom. The van der Waals surface area contributed by atoms with Gasteiger partial charge in [-0.3, -0.25) is 16.3 Å². The van der Waals surface area contributed by atoms with Crippen LogP contribution >= 0.6 is 11.3 Å². The number of imidazole rings is 1. The first-order chi connectivity index (χ1) is 25.8. The monoisotopic (exact) mass is 874 g/mol. The Labute approximate surface area is 326 Å². The van der Waals surface area contributed by atoms with Gasteiger partial charge in [-0.2, -0.15) is 0 Å². The minimum Gasteiger partial charge on any atom is -0.333 e. The van der Waals surface area contributed by atoms with Crippen LogP contribution in [0, 0.1) is 11.4 Å². The summed E-state index contributed by atoms with van der Waals surface area (Å²) < 4.78 is 3.48. The number of pyridine rings is 1. The van der Waals surface area contributed by atoms with Crippen molar-refractivity contribution in [3.05, 3.63) is 200 Å². The summed E-state index contributed by atoms with van der Waals surface area (Å²) in [5, 5.41) is 7.29. The molecule has 3 nitrogen and oxygen atoms in total. The fraction of sp³-hybridized carbons (Fsp3) is 0. The van der Waals surface area contributed by atoms with E-state index in [0.717, 1.165) is 39.4 Å². The van der Waals surface area contributed by atoms with Gasteiger partial charge < -0.3 is 9.55 Å². The Morgan fingerprint density at radius 1 is 0.566 bits per heavy atom. The third-order valence-electron chi connectivity index (χ3n) is 9.28. The molecule has 7 aromatic carbocycles. The number of para-hydroxylation sites is 2. The summed E-state index contributed by atoms with van der Waals surface area (Å²) in [7, 11) is 0. The molecule has 1 radical (unpaired) electrons. The van der Waals surface area contributed by atoms with Gasteiger partial charge in [-0.25, -0.2) is 0 Å². The van der Waals surface area contributed by atoms with Crippen LogP contribution in [0.4, 0.5) is 0 Å². The summed E-state index contributed by atoms with van der Waals surface area (Å²) in [6.45, 7) is 0. The van der Waals surface area contributed by atoms with Gasteiger partial charge in [-0.05, 0) is 69.1 Å². The van der Waals surface area contributed by atoms with E-state index in [9.17, 15) is 0 Å². The standard InChI is InChI=1S/C37H23N2S.C11H8N.Ir/c1-2-9-25(10-3-1)26-17-20-29(21-18-26)39-35-16-7-6-15-34(35)38-37(39)33-24-40-36-22-19-28(23-32(33)36)31-14-8-12-27-11-4-5-13-30(27)31;1-2-6-10(7-3-1)11-8-4-5-9-12-11;/h1-23H;1-6,8-9H;/q2*-1;. The van der Waals surface area contributed by atoms with E-state index >= 15 is 0 Å². The van der Waals surface area contributed by atoms with E-state index in [-0.39, 0.29) is 20.1 Å². The van der Waals surface area contributed by atoms with Gasteiger partial charge in [-0.15, -0.1) is 41.3 Å². The van der Waals surface area contributed by atoms with Crippen molar-refractivity contribution < 1.29 is 20.1 Å². The SMILES string of the molecule is [Ir].[c-]1ccccc1-c1ccccn1.[c-]1sc2ccc(-c3cccc4ccccc34)cc2c1-c1nc2ccccc2n1-c1ccc(-c2ccccc2)cc1. The summed E-state index contributed by atoms with van der Waals surface area (Å²) in [5.74, 6) is 0.912. The predicted octanol–water partition coefficient (Wildman–Crippen LogP) is 12.7. The molecular weight excluding hydrogens is 843 g/mol. The summed E-state index contributed by atoms with van der Waals surface area (Å²) in [6, 6.07) is 66.3. The molecule has 0 N–H and O–H groups in total. The van der Waals surface area contributed by atoms with E-state index in [2.05, 4.69) is 161 Å². The second-order valence-electron chi connectivity index (χ2n) is 12.5. The van der Waals surface area contributed by atoms with Crippen LogP contribution in [0.25, 0.3) is 82.5 Å². The normalized spacial score (nSPS) is 10.9. The van der Waals surface area contributed by atoms with Crippen molar-refractivity contribution in [2.24, 2.45) is 0 Å². The van der Waals surface area contributed by atoms with Gasteiger partial charge in [0.05, 0.1) is 16.9 Å². The van der Waals surface area contributed by atoms with Crippen molar-refractivity contribution in [1.29, 1.82) is 0 Å². The Bertz CT molecular complexity index is 2730. The molecule has 0 aliphatic heterocycles. The molecule has 0 aliphatic rings. The predicted molar refractivity (Wildman–Crippen MR) is 218 cm³/mol. The fourth-order valence-corrected chi connectivity index (χ4v) is 7.57. The van der Waals surface area contributed by atoms with Gasteiger partial charge in [0.2, 0.25) is 0 Å². The molecule has 0 fully saturated rings. The maximum absolute atomic E-state index is 5.15. The van der Waals surface area contributed by atoms with Gasteiger partial charge in [0.1, 0.15) is 0 Å². The van der Waals surface area contributed by atoms with Crippen molar-refractivity contribution in [2.75, 3.05) is 0 Å². The molecule has 0 bridgehead atoms. The fourth-order valence-electron chi connectivity index (χ4n) is 6.75. The number of hydrogen-bond acceptors (Lipinski definition) is 3. The molecule has 3 heterocycles. The quantitative estimate of drug-likeness (QED) is 0.161. The molecule has 10 rings (SSSR count). The molecule has 0 spiro atoms. The first-order valence-corrected chi connectivity index (χ1v) is 18.1. The molecule has 0 saturated carbocycles. The summed E-state index contributed by atoms with van der Waals surface area (Å²) in [6.07, 6.45) is 1.79. The average molecular weight is 874 g/mol. The van der Waals surface area contributed by atoms with Crippen LogP contribution in [0.1, 0.15) is 0 Å². The zero-order valence-corrected chi connectivity index (χ0v) is 31.7. The molecule has 0 saturated heterocycles. The molecule has 5 heteroatoms. The maximum atomic E-state index is 5.15. The molecular formula is C48H31IrN3S-2. The topological polar surface area (TPSA) is 30.7 Å². The van der Waals surface area contributed by atoms with E-state index in [0.29, 0.717) is 0 Å². The molecule has 53 heavy (non-hydrogen) atoms. The first kappa shape index (κ1) is 34.1. The Balaban J connectivity index is 0.000000262. The number of hydrogen-bond donors (Lipinski definition) is 0. The van der Waals surface area contributed by atoms with E-state index in [1.54, 1.807) is 17.5 Å². The average Bonchev–Trinajstić information content (AvgIpc) is 3.83. The summed E-state index contributed by atoms with van der Waals surface area (Å²) in [5.41, 5.74) is 11.0. The molecule has 0 aliphatic carbocycles. The van der Waals surface area contributed by atoms with Crippen molar-refractivity contribution in [3.8, 4) is 50.6 Å². The molecule has 3 aromatic heterocycles. The van der Waals surface area contributed by atoms with Crippen molar-refractivity contribution in [2.45, 2.75) is 0 Å².